The molecule has 1 fully saturated rings. The minimum atomic E-state index is -0.239. The van der Waals surface area contributed by atoms with Crippen LogP contribution in [-0.4, -0.2) is 21.0 Å². The molecular formula is C15H25BrN2O. The summed E-state index contributed by atoms with van der Waals surface area (Å²) < 4.78 is 2.99. The van der Waals surface area contributed by atoms with Crippen molar-refractivity contribution >= 4 is 15.9 Å². The lowest BCUT2D eigenvalue weighted by Crippen LogP contribution is -2.15. The number of aromatic nitrogens is 2. The maximum atomic E-state index is 10.2. The lowest BCUT2D eigenvalue weighted by atomic mass is 9.98. The number of aryl methyl sites for hydroxylation is 2. The highest BCUT2D eigenvalue weighted by molar-refractivity contribution is 9.10. The molecule has 1 atom stereocenters. The van der Waals surface area contributed by atoms with Crippen molar-refractivity contribution in [3.63, 3.8) is 0 Å². The number of aliphatic hydroxyl groups is 1. The van der Waals surface area contributed by atoms with Crippen molar-refractivity contribution < 1.29 is 5.11 Å². The Labute approximate surface area is 124 Å². The van der Waals surface area contributed by atoms with Crippen LogP contribution in [0.2, 0.25) is 0 Å². The summed E-state index contributed by atoms with van der Waals surface area (Å²) in [4.78, 5) is 0. The maximum absolute atomic E-state index is 10.2. The van der Waals surface area contributed by atoms with E-state index in [-0.39, 0.29) is 6.10 Å². The first-order chi connectivity index (χ1) is 9.11. The van der Waals surface area contributed by atoms with Crippen LogP contribution in [0.15, 0.2) is 4.47 Å². The molecule has 3 nitrogen and oxygen atoms in total. The Bertz CT molecular complexity index is 411. The molecule has 0 saturated heterocycles. The molecule has 1 N–H and O–H groups in total. The van der Waals surface area contributed by atoms with Crippen molar-refractivity contribution in [3.8, 4) is 0 Å². The lowest BCUT2D eigenvalue weighted by Gasteiger charge is -2.14. The molecule has 108 valence electrons. The van der Waals surface area contributed by atoms with Crippen LogP contribution in [0.1, 0.15) is 56.8 Å². The zero-order valence-electron chi connectivity index (χ0n) is 12.0. The average molecular weight is 329 g/mol. The molecule has 1 unspecified atom stereocenters. The van der Waals surface area contributed by atoms with Gasteiger partial charge in [0.2, 0.25) is 0 Å². The van der Waals surface area contributed by atoms with Gasteiger partial charge >= 0.3 is 0 Å². The van der Waals surface area contributed by atoms with Crippen molar-refractivity contribution in [3.05, 3.63) is 15.9 Å². The summed E-state index contributed by atoms with van der Waals surface area (Å²) in [6.45, 7) is 2.10. The van der Waals surface area contributed by atoms with E-state index in [0.717, 1.165) is 34.6 Å². The molecule has 1 aliphatic carbocycles. The largest absolute Gasteiger partial charge is 0.393 e. The predicted molar refractivity (Wildman–Crippen MR) is 81.2 cm³/mol. The summed E-state index contributed by atoms with van der Waals surface area (Å²) >= 11 is 3.61. The van der Waals surface area contributed by atoms with Crippen LogP contribution in [-0.2, 0) is 19.9 Å². The second-order valence-corrected chi connectivity index (χ2v) is 6.56. The first-order valence-corrected chi connectivity index (χ1v) is 8.29. The van der Waals surface area contributed by atoms with Gasteiger partial charge in [-0.1, -0.05) is 32.6 Å². The molecule has 0 aromatic carbocycles. The van der Waals surface area contributed by atoms with E-state index in [0.29, 0.717) is 6.42 Å². The first-order valence-electron chi connectivity index (χ1n) is 7.50. The van der Waals surface area contributed by atoms with Gasteiger partial charge in [0.1, 0.15) is 0 Å². The Morgan fingerprint density at radius 1 is 1.42 bits per heavy atom. The minimum absolute atomic E-state index is 0.239. The topological polar surface area (TPSA) is 38.0 Å². The molecule has 1 saturated carbocycles. The van der Waals surface area contributed by atoms with Gasteiger partial charge in [-0.2, -0.15) is 5.10 Å². The molecule has 1 aromatic rings. The van der Waals surface area contributed by atoms with Gasteiger partial charge in [0.25, 0.3) is 0 Å². The fourth-order valence-corrected chi connectivity index (χ4v) is 3.87. The molecule has 0 radical (unpaired) electrons. The van der Waals surface area contributed by atoms with Gasteiger partial charge < -0.3 is 5.11 Å². The predicted octanol–water partition coefficient (Wildman–Crippen LogP) is 3.62. The Morgan fingerprint density at radius 2 is 2.11 bits per heavy atom. The SMILES string of the molecule is CCc1nn(C)c(CC(O)CCC2CCCC2)c1Br. The van der Waals surface area contributed by atoms with E-state index in [1.165, 1.54) is 32.1 Å². The summed E-state index contributed by atoms with van der Waals surface area (Å²) in [5.74, 6) is 0.857. The van der Waals surface area contributed by atoms with Gasteiger partial charge in [-0.25, -0.2) is 0 Å². The van der Waals surface area contributed by atoms with Gasteiger partial charge in [-0.05, 0) is 41.1 Å². The normalized spacial score (nSPS) is 18.1. The highest BCUT2D eigenvalue weighted by Gasteiger charge is 2.19. The average Bonchev–Trinajstić information content (AvgIpc) is 2.99. The summed E-state index contributed by atoms with van der Waals surface area (Å²) in [7, 11) is 1.96. The van der Waals surface area contributed by atoms with Crippen LogP contribution in [0.3, 0.4) is 0 Å². The third-order valence-electron chi connectivity index (χ3n) is 4.31. The third-order valence-corrected chi connectivity index (χ3v) is 5.23. The van der Waals surface area contributed by atoms with Crippen LogP contribution in [0, 0.1) is 5.92 Å². The Balaban J connectivity index is 1.87. The zero-order chi connectivity index (χ0) is 13.8. The second-order valence-electron chi connectivity index (χ2n) is 5.77. The van der Waals surface area contributed by atoms with Gasteiger partial charge in [-0.3, -0.25) is 4.68 Å². The van der Waals surface area contributed by atoms with E-state index in [9.17, 15) is 5.11 Å². The molecule has 0 aliphatic heterocycles. The molecule has 1 heterocycles. The molecule has 19 heavy (non-hydrogen) atoms. The second kappa shape index (κ2) is 6.89. The fraction of sp³-hybridized carbons (Fsp3) is 0.800. The number of rotatable bonds is 6. The van der Waals surface area contributed by atoms with E-state index in [2.05, 4.69) is 28.0 Å². The van der Waals surface area contributed by atoms with E-state index in [1.807, 2.05) is 11.7 Å². The molecular weight excluding hydrogens is 304 g/mol. The van der Waals surface area contributed by atoms with Gasteiger partial charge in [0.05, 0.1) is 22.0 Å². The van der Waals surface area contributed by atoms with Crippen LogP contribution < -0.4 is 0 Å². The molecule has 2 rings (SSSR count). The van der Waals surface area contributed by atoms with E-state index >= 15 is 0 Å². The van der Waals surface area contributed by atoms with Crippen molar-refractivity contribution in [2.75, 3.05) is 0 Å². The van der Waals surface area contributed by atoms with Crippen LogP contribution in [0.25, 0.3) is 0 Å². The zero-order valence-corrected chi connectivity index (χ0v) is 13.6. The van der Waals surface area contributed by atoms with Crippen LogP contribution in [0.4, 0.5) is 0 Å². The monoisotopic (exact) mass is 328 g/mol. The highest BCUT2D eigenvalue weighted by atomic mass is 79.9. The van der Waals surface area contributed by atoms with Crippen molar-refractivity contribution in [2.24, 2.45) is 13.0 Å². The van der Waals surface area contributed by atoms with Crippen molar-refractivity contribution in [1.82, 2.24) is 9.78 Å². The Hall–Kier alpha value is -0.350. The lowest BCUT2D eigenvalue weighted by molar-refractivity contribution is 0.152. The quantitative estimate of drug-likeness (QED) is 0.866. The number of hydrogen-bond donors (Lipinski definition) is 1. The number of nitrogens with zero attached hydrogens (tertiary/aromatic N) is 2. The van der Waals surface area contributed by atoms with Gasteiger partial charge in [-0.15, -0.1) is 0 Å². The Morgan fingerprint density at radius 3 is 2.68 bits per heavy atom. The van der Waals surface area contributed by atoms with Crippen molar-refractivity contribution in [1.29, 1.82) is 0 Å². The molecule has 1 aliphatic rings. The van der Waals surface area contributed by atoms with E-state index in [4.69, 9.17) is 0 Å². The highest BCUT2D eigenvalue weighted by Crippen LogP contribution is 2.30. The summed E-state index contributed by atoms with van der Waals surface area (Å²) in [6, 6.07) is 0. The number of aliphatic hydroxyl groups excluding tert-OH is 1. The fourth-order valence-electron chi connectivity index (χ4n) is 3.09. The standard InChI is InChI=1S/C15H25BrN2O/c1-3-13-15(16)14(18(2)17-13)10-12(19)9-8-11-6-4-5-7-11/h11-12,19H,3-10H2,1-2H3. The molecule has 0 amide bonds. The van der Waals surface area contributed by atoms with E-state index < -0.39 is 0 Å². The summed E-state index contributed by atoms with van der Waals surface area (Å²) in [6.07, 6.45) is 8.98. The summed E-state index contributed by atoms with van der Waals surface area (Å²) in [5.41, 5.74) is 2.20. The molecule has 4 heteroatoms. The minimum Gasteiger partial charge on any atom is -0.393 e. The van der Waals surface area contributed by atoms with Crippen LogP contribution >= 0.6 is 15.9 Å². The maximum Gasteiger partial charge on any atom is 0.0766 e. The van der Waals surface area contributed by atoms with Crippen molar-refractivity contribution in [2.45, 2.75) is 64.4 Å². The first kappa shape index (κ1) is 15.0. The molecule has 0 spiro atoms. The Kier molecular flexibility index (Phi) is 5.46. The smallest absolute Gasteiger partial charge is 0.0766 e. The molecule has 0 bridgehead atoms. The van der Waals surface area contributed by atoms with Gasteiger partial charge in [0.15, 0.2) is 0 Å². The third kappa shape index (κ3) is 3.82. The van der Waals surface area contributed by atoms with E-state index in [1.54, 1.807) is 0 Å². The van der Waals surface area contributed by atoms with Gasteiger partial charge in [0, 0.05) is 13.5 Å². The molecule has 1 aromatic heterocycles. The summed E-state index contributed by atoms with van der Waals surface area (Å²) in [5, 5.41) is 14.7. The number of halogens is 1. The van der Waals surface area contributed by atoms with Crippen LogP contribution in [0.5, 0.6) is 0 Å². The number of hydrogen-bond acceptors (Lipinski definition) is 2.